The van der Waals surface area contributed by atoms with E-state index in [0.29, 0.717) is 12.0 Å². The summed E-state index contributed by atoms with van der Waals surface area (Å²) in [5, 5.41) is 13.2. The number of hydrogen-bond acceptors (Lipinski definition) is 4. The van der Waals surface area contributed by atoms with Crippen LogP contribution in [0.5, 0.6) is 0 Å². The van der Waals surface area contributed by atoms with E-state index < -0.39 is 0 Å². The summed E-state index contributed by atoms with van der Waals surface area (Å²) in [7, 11) is 0. The van der Waals surface area contributed by atoms with Crippen molar-refractivity contribution in [2.75, 3.05) is 0 Å². The van der Waals surface area contributed by atoms with Crippen molar-refractivity contribution in [2.45, 2.75) is 57.9 Å². The van der Waals surface area contributed by atoms with Crippen LogP contribution in [0.1, 0.15) is 63.5 Å². The zero-order valence-corrected chi connectivity index (χ0v) is 18.3. The number of nitrogens with zero attached hydrogens (tertiary/aromatic N) is 3. The molecule has 30 heavy (non-hydrogen) atoms. The molecule has 0 aliphatic heterocycles. The number of nitro groups is 1. The first kappa shape index (κ1) is 20.5. The largest absolute Gasteiger partial charge is 0.313 e. The van der Waals surface area contributed by atoms with Gasteiger partial charge in [0.1, 0.15) is 0 Å². The predicted octanol–water partition coefficient (Wildman–Crippen LogP) is 6.99. The lowest BCUT2D eigenvalue weighted by atomic mass is 9.95. The maximum atomic E-state index is 11.0. The molecule has 1 saturated carbocycles. The molecule has 5 nitrogen and oxygen atoms in total. The highest BCUT2D eigenvalue weighted by atomic mass is 32.1. The standard InChI is InChI=1S/C24H27N3O2S/c1-17(2)21-10-6-7-11-22(21)25-24-26(19-8-4-3-5-9-19)23(16-30-24)18-12-14-20(15-13-18)27(28)29/h6-7,10-17,19H,3-5,8-9H2,1-2H3. The Hall–Kier alpha value is -2.73. The average Bonchev–Trinajstić information content (AvgIpc) is 3.18. The minimum absolute atomic E-state index is 0.119. The topological polar surface area (TPSA) is 60.4 Å². The first-order chi connectivity index (χ1) is 14.5. The van der Waals surface area contributed by atoms with Crippen molar-refractivity contribution < 1.29 is 4.92 Å². The van der Waals surface area contributed by atoms with Gasteiger partial charge in [-0.25, -0.2) is 4.99 Å². The number of nitro benzene ring substituents is 1. The van der Waals surface area contributed by atoms with Gasteiger partial charge in [0.2, 0.25) is 0 Å². The molecule has 1 aliphatic rings. The summed E-state index contributed by atoms with van der Waals surface area (Å²) in [6, 6.07) is 15.6. The van der Waals surface area contributed by atoms with Crippen LogP contribution < -0.4 is 4.80 Å². The van der Waals surface area contributed by atoms with Crippen LogP contribution in [0, 0.1) is 10.1 Å². The summed E-state index contributed by atoms with van der Waals surface area (Å²) in [4.78, 5) is 16.8. The van der Waals surface area contributed by atoms with Crippen LogP contribution in [0.25, 0.3) is 11.3 Å². The van der Waals surface area contributed by atoms with E-state index >= 15 is 0 Å². The van der Waals surface area contributed by atoms with Crippen LogP contribution in [0.4, 0.5) is 11.4 Å². The Morgan fingerprint density at radius 3 is 2.43 bits per heavy atom. The number of aromatic nitrogens is 1. The van der Waals surface area contributed by atoms with Crippen molar-refractivity contribution >= 4 is 22.7 Å². The predicted molar refractivity (Wildman–Crippen MR) is 122 cm³/mol. The molecule has 156 valence electrons. The summed E-state index contributed by atoms with van der Waals surface area (Å²) in [5.74, 6) is 0.405. The second-order valence-electron chi connectivity index (χ2n) is 8.19. The Bertz CT molecular complexity index is 1090. The van der Waals surface area contributed by atoms with Crippen LogP contribution in [-0.4, -0.2) is 9.49 Å². The first-order valence-corrected chi connectivity index (χ1v) is 11.5. The van der Waals surface area contributed by atoms with Crippen molar-refractivity contribution in [3.05, 3.63) is 74.4 Å². The normalized spacial score (nSPS) is 15.6. The Kier molecular flexibility index (Phi) is 6.13. The number of rotatable bonds is 5. The summed E-state index contributed by atoms with van der Waals surface area (Å²) in [6.45, 7) is 4.39. The van der Waals surface area contributed by atoms with E-state index in [-0.39, 0.29) is 10.6 Å². The summed E-state index contributed by atoms with van der Waals surface area (Å²) < 4.78 is 2.38. The summed E-state index contributed by atoms with van der Waals surface area (Å²) in [6.07, 6.45) is 6.05. The van der Waals surface area contributed by atoms with Gasteiger partial charge in [-0.05, 0) is 48.1 Å². The minimum Gasteiger partial charge on any atom is -0.313 e. The van der Waals surface area contributed by atoms with Gasteiger partial charge < -0.3 is 4.57 Å². The highest BCUT2D eigenvalue weighted by Crippen LogP contribution is 2.33. The molecule has 0 bridgehead atoms. The first-order valence-electron chi connectivity index (χ1n) is 10.6. The quantitative estimate of drug-likeness (QED) is 0.329. The van der Waals surface area contributed by atoms with Gasteiger partial charge in [0.25, 0.3) is 5.69 Å². The molecule has 0 saturated heterocycles. The van der Waals surface area contributed by atoms with Crippen LogP contribution in [0.2, 0.25) is 0 Å². The molecule has 1 heterocycles. The maximum Gasteiger partial charge on any atom is 0.269 e. The van der Waals surface area contributed by atoms with E-state index in [2.05, 4.69) is 42.0 Å². The number of hydrogen-bond donors (Lipinski definition) is 0. The molecule has 0 N–H and O–H groups in total. The van der Waals surface area contributed by atoms with Gasteiger partial charge in [-0.1, -0.05) is 51.3 Å². The van der Waals surface area contributed by atoms with Crippen molar-refractivity contribution in [3.63, 3.8) is 0 Å². The zero-order valence-electron chi connectivity index (χ0n) is 17.5. The van der Waals surface area contributed by atoms with Gasteiger partial charge in [0.15, 0.2) is 4.80 Å². The van der Waals surface area contributed by atoms with Crippen molar-refractivity contribution in [2.24, 2.45) is 4.99 Å². The van der Waals surface area contributed by atoms with E-state index in [9.17, 15) is 10.1 Å². The Balaban J connectivity index is 1.85. The van der Waals surface area contributed by atoms with E-state index in [1.54, 1.807) is 23.5 Å². The highest BCUT2D eigenvalue weighted by molar-refractivity contribution is 7.07. The Labute approximate surface area is 180 Å². The fourth-order valence-electron chi connectivity index (χ4n) is 4.24. The third-order valence-corrected chi connectivity index (χ3v) is 6.67. The van der Waals surface area contributed by atoms with E-state index in [0.717, 1.165) is 34.6 Å². The van der Waals surface area contributed by atoms with Crippen molar-refractivity contribution in [3.8, 4) is 11.3 Å². The average molecular weight is 422 g/mol. The molecule has 0 amide bonds. The van der Waals surface area contributed by atoms with Crippen LogP contribution >= 0.6 is 11.3 Å². The molecule has 0 unspecified atom stereocenters. The van der Waals surface area contributed by atoms with E-state index in [1.165, 1.54) is 24.8 Å². The van der Waals surface area contributed by atoms with Gasteiger partial charge in [0, 0.05) is 23.6 Å². The molecule has 0 spiro atoms. The Morgan fingerprint density at radius 1 is 1.07 bits per heavy atom. The van der Waals surface area contributed by atoms with Crippen LogP contribution in [0.15, 0.2) is 58.9 Å². The molecule has 1 fully saturated rings. The second kappa shape index (κ2) is 8.96. The molecule has 2 aromatic carbocycles. The lowest BCUT2D eigenvalue weighted by Crippen LogP contribution is -2.23. The molecule has 4 rings (SSSR count). The van der Waals surface area contributed by atoms with Crippen molar-refractivity contribution in [1.82, 2.24) is 4.57 Å². The van der Waals surface area contributed by atoms with Gasteiger partial charge in [-0.2, -0.15) is 0 Å². The third-order valence-electron chi connectivity index (χ3n) is 5.83. The van der Waals surface area contributed by atoms with Crippen molar-refractivity contribution in [1.29, 1.82) is 0 Å². The van der Waals surface area contributed by atoms with Gasteiger partial charge in [0.05, 0.1) is 16.3 Å². The third kappa shape index (κ3) is 4.24. The monoisotopic (exact) mass is 421 g/mol. The molecule has 3 aromatic rings. The SMILES string of the molecule is CC(C)c1ccccc1N=c1scc(-c2ccc([N+](=O)[O-])cc2)n1C1CCCCC1. The molecule has 0 atom stereocenters. The second-order valence-corrected chi connectivity index (χ2v) is 9.03. The zero-order chi connectivity index (χ0) is 21.1. The van der Waals surface area contributed by atoms with Gasteiger partial charge in [-0.15, -0.1) is 11.3 Å². The molecular formula is C24H27N3O2S. The fraction of sp³-hybridized carbons (Fsp3) is 0.375. The molecule has 6 heteroatoms. The maximum absolute atomic E-state index is 11.0. The van der Waals surface area contributed by atoms with Gasteiger partial charge >= 0.3 is 0 Å². The number of para-hydroxylation sites is 1. The molecular weight excluding hydrogens is 394 g/mol. The van der Waals surface area contributed by atoms with E-state index in [1.807, 2.05) is 18.2 Å². The molecule has 1 aliphatic carbocycles. The Morgan fingerprint density at radius 2 is 1.77 bits per heavy atom. The number of non-ortho nitro benzene ring substituents is 1. The lowest BCUT2D eigenvalue weighted by Gasteiger charge is -2.25. The fourth-order valence-corrected chi connectivity index (χ4v) is 5.22. The van der Waals surface area contributed by atoms with E-state index in [4.69, 9.17) is 4.99 Å². The smallest absolute Gasteiger partial charge is 0.269 e. The lowest BCUT2D eigenvalue weighted by molar-refractivity contribution is -0.384. The molecule has 0 radical (unpaired) electrons. The summed E-state index contributed by atoms with van der Waals surface area (Å²) in [5.41, 5.74) is 4.49. The number of benzene rings is 2. The molecule has 1 aromatic heterocycles. The van der Waals surface area contributed by atoms with Crippen LogP contribution in [-0.2, 0) is 0 Å². The number of thiazole rings is 1. The van der Waals surface area contributed by atoms with Crippen LogP contribution in [0.3, 0.4) is 0 Å². The minimum atomic E-state index is -0.351. The van der Waals surface area contributed by atoms with Gasteiger partial charge in [-0.3, -0.25) is 10.1 Å². The summed E-state index contributed by atoms with van der Waals surface area (Å²) >= 11 is 1.65. The highest BCUT2D eigenvalue weighted by Gasteiger charge is 2.21.